The third-order valence-electron chi connectivity index (χ3n) is 4.74. The molecule has 1 unspecified atom stereocenters. The fourth-order valence-electron chi connectivity index (χ4n) is 3.36. The highest BCUT2D eigenvalue weighted by atomic mass is 16.5. The second kappa shape index (κ2) is 9.06. The first-order valence-corrected chi connectivity index (χ1v) is 9.15. The summed E-state index contributed by atoms with van der Waals surface area (Å²) in [5, 5.41) is 0. The Morgan fingerprint density at radius 2 is 2.00 bits per heavy atom. The summed E-state index contributed by atoms with van der Waals surface area (Å²) in [6.45, 7) is 4.86. The van der Waals surface area contributed by atoms with Crippen molar-refractivity contribution in [3.8, 4) is 5.75 Å². The van der Waals surface area contributed by atoms with Gasteiger partial charge in [0, 0.05) is 33.4 Å². The van der Waals surface area contributed by atoms with E-state index in [0.29, 0.717) is 32.8 Å². The summed E-state index contributed by atoms with van der Waals surface area (Å²) in [6, 6.07) is 7.99. The lowest BCUT2D eigenvalue weighted by Gasteiger charge is -2.38. The van der Waals surface area contributed by atoms with Crippen molar-refractivity contribution in [1.29, 1.82) is 0 Å². The number of hydrogen-bond acceptors (Lipinski definition) is 5. The first-order chi connectivity index (χ1) is 12.3. The number of methoxy groups -OCH3 is 1. The van der Waals surface area contributed by atoms with Crippen LogP contribution in [0.5, 0.6) is 5.75 Å². The number of para-hydroxylation sites is 2. The molecule has 138 valence electrons. The molecule has 25 heavy (non-hydrogen) atoms. The molecule has 0 N–H and O–H groups in total. The number of fused-ring (bicyclic) bond motifs is 1. The molecule has 0 radical (unpaired) electrons. The van der Waals surface area contributed by atoms with E-state index in [9.17, 15) is 4.79 Å². The lowest BCUT2D eigenvalue weighted by Crippen LogP contribution is -2.53. The molecule has 1 aromatic carbocycles. The molecule has 3 rings (SSSR count). The highest BCUT2D eigenvalue weighted by molar-refractivity contribution is 5.83. The van der Waals surface area contributed by atoms with Crippen LogP contribution < -0.4 is 9.64 Å². The topological polar surface area (TPSA) is 51.2 Å². The number of anilines is 1. The van der Waals surface area contributed by atoms with Crippen molar-refractivity contribution in [3.05, 3.63) is 24.3 Å². The van der Waals surface area contributed by atoms with Crippen molar-refractivity contribution in [2.24, 2.45) is 0 Å². The Hall–Kier alpha value is -1.79. The summed E-state index contributed by atoms with van der Waals surface area (Å²) in [4.78, 5) is 17.0. The maximum Gasteiger partial charge on any atom is 0.265 e. The fourth-order valence-corrected chi connectivity index (χ4v) is 3.36. The van der Waals surface area contributed by atoms with Gasteiger partial charge in [0.25, 0.3) is 5.91 Å². The van der Waals surface area contributed by atoms with Crippen molar-refractivity contribution < 1.29 is 19.0 Å². The highest BCUT2D eigenvalue weighted by Gasteiger charge is 2.33. The fraction of sp³-hybridized carbons (Fsp3) is 0.632. The number of carbonyl (C=O) groups excluding carboxylic acids is 1. The minimum absolute atomic E-state index is 0.0715. The average molecular weight is 348 g/mol. The van der Waals surface area contributed by atoms with Gasteiger partial charge < -0.3 is 24.0 Å². The van der Waals surface area contributed by atoms with E-state index >= 15 is 0 Å². The van der Waals surface area contributed by atoms with E-state index in [1.165, 1.54) is 0 Å². The summed E-state index contributed by atoms with van der Waals surface area (Å²) < 4.78 is 16.5. The normalized spacial score (nSPS) is 20.1. The molecule has 2 aliphatic rings. The highest BCUT2D eigenvalue weighted by Crippen LogP contribution is 2.33. The zero-order chi connectivity index (χ0) is 17.5. The van der Waals surface area contributed by atoms with E-state index in [2.05, 4.69) is 11.0 Å². The second-order valence-electron chi connectivity index (χ2n) is 6.51. The molecule has 1 fully saturated rings. The molecule has 1 saturated heterocycles. The number of hydrogen-bond donors (Lipinski definition) is 0. The van der Waals surface area contributed by atoms with Crippen molar-refractivity contribution in [1.82, 2.24) is 4.90 Å². The molecule has 2 aliphatic heterocycles. The Balaban J connectivity index is 1.64. The predicted octanol–water partition coefficient (Wildman–Crippen LogP) is 1.93. The van der Waals surface area contributed by atoms with E-state index in [1.54, 1.807) is 7.11 Å². The molecule has 0 spiro atoms. The predicted molar refractivity (Wildman–Crippen MR) is 96.2 cm³/mol. The van der Waals surface area contributed by atoms with E-state index in [-0.39, 0.29) is 5.91 Å². The molecule has 1 aromatic rings. The van der Waals surface area contributed by atoms with E-state index in [1.807, 2.05) is 23.1 Å². The minimum atomic E-state index is -0.438. The van der Waals surface area contributed by atoms with Gasteiger partial charge in [-0.05, 0) is 31.4 Å². The van der Waals surface area contributed by atoms with Gasteiger partial charge in [0.15, 0.2) is 6.10 Å². The van der Waals surface area contributed by atoms with Crippen LogP contribution in [0.25, 0.3) is 0 Å². The van der Waals surface area contributed by atoms with Gasteiger partial charge in [0.05, 0.1) is 25.4 Å². The van der Waals surface area contributed by atoms with Crippen LogP contribution in [0.4, 0.5) is 5.69 Å². The summed E-state index contributed by atoms with van der Waals surface area (Å²) in [5.74, 6) is 0.874. The van der Waals surface area contributed by atoms with Gasteiger partial charge in [-0.1, -0.05) is 12.1 Å². The van der Waals surface area contributed by atoms with E-state index < -0.39 is 6.10 Å². The van der Waals surface area contributed by atoms with Crippen LogP contribution in [0.1, 0.15) is 19.3 Å². The van der Waals surface area contributed by atoms with Crippen LogP contribution in [0.2, 0.25) is 0 Å². The summed E-state index contributed by atoms with van der Waals surface area (Å²) in [6.07, 6.45) is 2.83. The van der Waals surface area contributed by atoms with Gasteiger partial charge >= 0.3 is 0 Å². The second-order valence-corrected chi connectivity index (χ2v) is 6.51. The average Bonchev–Trinajstić information content (AvgIpc) is 2.67. The van der Waals surface area contributed by atoms with Crippen molar-refractivity contribution >= 4 is 11.6 Å². The van der Waals surface area contributed by atoms with Gasteiger partial charge in [-0.25, -0.2) is 0 Å². The number of unbranched alkanes of at least 4 members (excludes halogenated alkanes) is 2. The monoisotopic (exact) mass is 348 g/mol. The standard InChI is InChI=1S/C19H28N2O4/c1-23-12-6-2-5-9-21-15-18(19(22)20-10-13-24-14-11-20)25-17-8-4-3-7-16(17)21/h3-4,7-8,18H,2,5-6,9-15H2,1H3. The van der Waals surface area contributed by atoms with E-state index in [4.69, 9.17) is 14.2 Å². The maximum absolute atomic E-state index is 12.8. The zero-order valence-electron chi connectivity index (χ0n) is 15.0. The lowest BCUT2D eigenvalue weighted by molar-refractivity contribution is -0.142. The maximum atomic E-state index is 12.8. The van der Waals surface area contributed by atoms with Gasteiger partial charge in [-0.3, -0.25) is 4.79 Å². The molecule has 0 bridgehead atoms. The molecule has 2 heterocycles. The Labute approximate surface area is 149 Å². The quantitative estimate of drug-likeness (QED) is 0.705. The van der Waals surface area contributed by atoms with E-state index in [0.717, 1.165) is 43.9 Å². The third-order valence-corrected chi connectivity index (χ3v) is 4.74. The molecule has 6 nitrogen and oxygen atoms in total. The molecule has 1 atom stereocenters. The summed E-state index contributed by atoms with van der Waals surface area (Å²) in [5.41, 5.74) is 1.08. The Morgan fingerprint density at radius 1 is 1.20 bits per heavy atom. The van der Waals surface area contributed by atoms with Crippen LogP contribution in [0.15, 0.2) is 24.3 Å². The SMILES string of the molecule is COCCCCCN1CC(C(=O)N2CCOCC2)Oc2ccccc21. The summed E-state index contributed by atoms with van der Waals surface area (Å²) in [7, 11) is 1.74. The third kappa shape index (κ3) is 4.64. The largest absolute Gasteiger partial charge is 0.477 e. The molecule has 0 saturated carbocycles. The molecule has 0 aliphatic carbocycles. The Morgan fingerprint density at radius 3 is 2.80 bits per heavy atom. The van der Waals surface area contributed by atoms with Crippen LogP contribution in [-0.4, -0.2) is 70.0 Å². The number of carbonyl (C=O) groups is 1. The zero-order valence-corrected chi connectivity index (χ0v) is 15.0. The van der Waals surface area contributed by atoms with Gasteiger partial charge in [-0.2, -0.15) is 0 Å². The van der Waals surface area contributed by atoms with Crippen LogP contribution in [0.3, 0.4) is 0 Å². The summed E-state index contributed by atoms with van der Waals surface area (Å²) >= 11 is 0. The Bertz CT molecular complexity index is 560. The van der Waals surface area contributed by atoms with Crippen LogP contribution >= 0.6 is 0 Å². The molecule has 0 aromatic heterocycles. The molecular formula is C19H28N2O4. The van der Waals surface area contributed by atoms with Crippen LogP contribution in [0, 0.1) is 0 Å². The molecular weight excluding hydrogens is 320 g/mol. The van der Waals surface area contributed by atoms with Crippen molar-refractivity contribution in [2.45, 2.75) is 25.4 Å². The first-order valence-electron chi connectivity index (χ1n) is 9.15. The van der Waals surface area contributed by atoms with Gasteiger partial charge in [0.2, 0.25) is 0 Å². The number of nitrogens with zero attached hydrogens (tertiary/aromatic N) is 2. The lowest BCUT2D eigenvalue weighted by atomic mass is 10.1. The van der Waals surface area contributed by atoms with Crippen molar-refractivity contribution in [3.63, 3.8) is 0 Å². The Kier molecular flexibility index (Phi) is 6.53. The minimum Gasteiger partial charge on any atom is -0.477 e. The molecule has 1 amide bonds. The number of rotatable bonds is 7. The number of morpholine rings is 1. The smallest absolute Gasteiger partial charge is 0.265 e. The first kappa shape index (κ1) is 18.0. The number of amides is 1. The van der Waals surface area contributed by atoms with Crippen LogP contribution in [-0.2, 0) is 14.3 Å². The number of benzene rings is 1. The van der Waals surface area contributed by atoms with Crippen molar-refractivity contribution in [2.75, 3.05) is 58.0 Å². The number of ether oxygens (including phenoxy) is 3. The van der Waals surface area contributed by atoms with Gasteiger partial charge in [0.1, 0.15) is 5.75 Å². The molecule has 6 heteroatoms. The van der Waals surface area contributed by atoms with Gasteiger partial charge in [-0.15, -0.1) is 0 Å².